The molecule has 2 aromatic carbocycles. The van der Waals surface area contributed by atoms with E-state index in [-0.39, 0.29) is 10.6 Å². The van der Waals surface area contributed by atoms with Crippen LogP contribution in [0.1, 0.15) is 31.2 Å². The van der Waals surface area contributed by atoms with Gasteiger partial charge in [-0.1, -0.05) is 55.3 Å². The molecule has 0 unspecified atom stereocenters. The molecule has 122 valence electrons. The van der Waals surface area contributed by atoms with Crippen LogP contribution in [0.15, 0.2) is 59.5 Å². The molecule has 1 saturated carbocycles. The molecular weight excluding hydrogens is 308 g/mol. The maximum absolute atomic E-state index is 12.8. The number of hydrogen-bond acceptors (Lipinski definition) is 3. The number of para-hydroxylation sites is 1. The number of sulfonamides is 1. The van der Waals surface area contributed by atoms with E-state index in [4.69, 9.17) is 5.73 Å². The third kappa shape index (κ3) is 3.57. The number of nitrogen functional groups attached to an aromatic ring is 1. The lowest BCUT2D eigenvalue weighted by molar-refractivity contribution is 0.387. The van der Waals surface area contributed by atoms with Gasteiger partial charge in [0.25, 0.3) is 0 Å². The third-order valence-corrected chi connectivity index (χ3v) is 6.16. The highest BCUT2D eigenvalue weighted by Gasteiger charge is 2.38. The Hall–Kier alpha value is -1.85. The smallest absolute Gasteiger partial charge is 0.243 e. The van der Waals surface area contributed by atoms with Gasteiger partial charge in [-0.05, 0) is 37.0 Å². The maximum atomic E-state index is 12.8. The largest absolute Gasteiger partial charge is 0.398 e. The second-order valence-corrected chi connectivity index (χ2v) is 7.94. The number of benzene rings is 2. The van der Waals surface area contributed by atoms with Crippen molar-refractivity contribution in [3.63, 3.8) is 0 Å². The summed E-state index contributed by atoms with van der Waals surface area (Å²) >= 11 is 0. The second kappa shape index (κ2) is 6.34. The summed E-state index contributed by atoms with van der Waals surface area (Å²) in [6, 6.07) is 16.7. The number of anilines is 1. The molecule has 0 spiro atoms. The van der Waals surface area contributed by atoms with E-state index >= 15 is 0 Å². The molecule has 0 amide bonds. The highest BCUT2D eigenvalue weighted by atomic mass is 32.2. The van der Waals surface area contributed by atoms with Gasteiger partial charge in [-0.15, -0.1) is 0 Å². The zero-order valence-electron chi connectivity index (χ0n) is 13.0. The Morgan fingerprint density at radius 3 is 2.22 bits per heavy atom. The minimum Gasteiger partial charge on any atom is -0.398 e. The number of nitrogens with one attached hydrogen (secondary N) is 1. The summed E-state index contributed by atoms with van der Waals surface area (Å²) in [6.45, 7) is 0. The van der Waals surface area contributed by atoms with Crippen molar-refractivity contribution in [2.24, 2.45) is 0 Å². The Bertz CT molecular complexity index is 767. The van der Waals surface area contributed by atoms with Crippen molar-refractivity contribution in [2.45, 2.75) is 42.5 Å². The Labute approximate surface area is 137 Å². The summed E-state index contributed by atoms with van der Waals surface area (Å²) < 4.78 is 28.6. The Morgan fingerprint density at radius 2 is 1.57 bits per heavy atom. The van der Waals surface area contributed by atoms with E-state index in [2.05, 4.69) is 4.72 Å². The molecule has 0 radical (unpaired) electrons. The van der Waals surface area contributed by atoms with Crippen LogP contribution in [0.4, 0.5) is 5.69 Å². The lowest BCUT2D eigenvalue weighted by Crippen LogP contribution is -2.48. The van der Waals surface area contributed by atoms with E-state index in [9.17, 15) is 8.42 Å². The minimum absolute atomic E-state index is 0.166. The SMILES string of the molecule is Nc1ccccc1S(=O)(=O)NC1(Cc2ccccc2)CCCC1. The van der Waals surface area contributed by atoms with Crippen molar-refractivity contribution in [3.8, 4) is 0 Å². The van der Waals surface area contributed by atoms with Crippen molar-refractivity contribution in [1.29, 1.82) is 0 Å². The zero-order valence-corrected chi connectivity index (χ0v) is 13.9. The topological polar surface area (TPSA) is 72.2 Å². The molecular formula is C18H22N2O2S. The maximum Gasteiger partial charge on any atom is 0.243 e. The first kappa shape index (κ1) is 16.0. The fraction of sp³-hybridized carbons (Fsp3) is 0.333. The van der Waals surface area contributed by atoms with Crippen molar-refractivity contribution in [1.82, 2.24) is 4.72 Å². The molecule has 3 N–H and O–H groups in total. The lowest BCUT2D eigenvalue weighted by Gasteiger charge is -2.30. The van der Waals surface area contributed by atoms with E-state index in [0.717, 1.165) is 31.2 Å². The number of nitrogens with two attached hydrogens (primary N) is 1. The predicted octanol–water partition coefficient (Wildman–Crippen LogP) is 3.10. The van der Waals surface area contributed by atoms with Crippen LogP contribution in [0.25, 0.3) is 0 Å². The molecule has 1 aliphatic carbocycles. The van der Waals surface area contributed by atoms with Gasteiger partial charge in [0.2, 0.25) is 10.0 Å². The van der Waals surface area contributed by atoms with Gasteiger partial charge in [0, 0.05) is 5.54 Å². The molecule has 0 saturated heterocycles. The van der Waals surface area contributed by atoms with Gasteiger partial charge in [0.05, 0.1) is 5.69 Å². The van der Waals surface area contributed by atoms with Gasteiger partial charge in [-0.2, -0.15) is 0 Å². The normalized spacial score (nSPS) is 17.2. The van der Waals surface area contributed by atoms with E-state index in [1.165, 1.54) is 0 Å². The molecule has 0 heterocycles. The van der Waals surface area contributed by atoms with Crippen LogP contribution in [0.3, 0.4) is 0 Å². The van der Waals surface area contributed by atoms with Crippen LogP contribution in [0.5, 0.6) is 0 Å². The highest BCUT2D eigenvalue weighted by Crippen LogP contribution is 2.34. The zero-order chi connectivity index (χ0) is 16.3. The third-order valence-electron chi connectivity index (χ3n) is 4.51. The van der Waals surface area contributed by atoms with E-state index in [1.54, 1.807) is 24.3 Å². The van der Waals surface area contributed by atoms with Gasteiger partial charge in [0.15, 0.2) is 0 Å². The summed E-state index contributed by atoms with van der Waals surface area (Å²) in [5.41, 5.74) is 6.88. The van der Waals surface area contributed by atoms with Crippen molar-refractivity contribution in [2.75, 3.05) is 5.73 Å². The molecule has 23 heavy (non-hydrogen) atoms. The van der Waals surface area contributed by atoms with E-state index in [0.29, 0.717) is 6.42 Å². The van der Waals surface area contributed by atoms with Gasteiger partial charge in [0.1, 0.15) is 4.90 Å². The summed E-state index contributed by atoms with van der Waals surface area (Å²) in [4.78, 5) is 0.166. The first-order valence-corrected chi connectivity index (χ1v) is 9.42. The molecule has 0 bridgehead atoms. The summed E-state index contributed by atoms with van der Waals surface area (Å²) in [7, 11) is -3.63. The van der Waals surface area contributed by atoms with Crippen LogP contribution in [-0.2, 0) is 16.4 Å². The summed E-state index contributed by atoms with van der Waals surface area (Å²) in [6.07, 6.45) is 4.50. The van der Waals surface area contributed by atoms with Crippen molar-refractivity contribution < 1.29 is 8.42 Å². The van der Waals surface area contributed by atoms with Crippen LogP contribution in [0, 0.1) is 0 Å². The van der Waals surface area contributed by atoms with Crippen LogP contribution in [0.2, 0.25) is 0 Å². The first-order chi connectivity index (χ1) is 11.0. The Morgan fingerprint density at radius 1 is 0.957 bits per heavy atom. The fourth-order valence-corrected chi connectivity index (χ4v) is 5.01. The molecule has 2 aromatic rings. The first-order valence-electron chi connectivity index (χ1n) is 7.93. The predicted molar refractivity (Wildman–Crippen MR) is 92.5 cm³/mol. The second-order valence-electron chi connectivity index (χ2n) is 6.29. The average Bonchev–Trinajstić information content (AvgIpc) is 2.95. The Balaban J connectivity index is 1.89. The van der Waals surface area contributed by atoms with E-state index < -0.39 is 15.6 Å². The number of rotatable bonds is 5. The summed E-state index contributed by atoms with van der Waals surface area (Å²) in [5.74, 6) is 0. The molecule has 5 heteroatoms. The van der Waals surface area contributed by atoms with Gasteiger partial charge >= 0.3 is 0 Å². The van der Waals surface area contributed by atoms with Gasteiger partial charge in [-0.3, -0.25) is 0 Å². The highest BCUT2D eigenvalue weighted by molar-refractivity contribution is 7.89. The number of hydrogen-bond donors (Lipinski definition) is 2. The monoisotopic (exact) mass is 330 g/mol. The molecule has 4 nitrogen and oxygen atoms in total. The molecule has 1 fully saturated rings. The van der Waals surface area contributed by atoms with Crippen LogP contribution in [-0.4, -0.2) is 14.0 Å². The van der Waals surface area contributed by atoms with Crippen LogP contribution < -0.4 is 10.5 Å². The molecule has 0 aromatic heterocycles. The molecule has 3 rings (SSSR count). The Kier molecular flexibility index (Phi) is 4.41. The van der Waals surface area contributed by atoms with E-state index in [1.807, 2.05) is 30.3 Å². The molecule has 1 aliphatic rings. The fourth-order valence-electron chi connectivity index (χ4n) is 3.42. The standard InChI is InChI=1S/C18H22N2O2S/c19-16-10-4-5-11-17(16)23(21,22)20-18(12-6-7-13-18)14-15-8-2-1-3-9-15/h1-5,8-11,20H,6-7,12-14,19H2. The molecule has 0 atom stereocenters. The quantitative estimate of drug-likeness (QED) is 0.828. The van der Waals surface area contributed by atoms with Crippen molar-refractivity contribution >= 4 is 15.7 Å². The average molecular weight is 330 g/mol. The lowest BCUT2D eigenvalue weighted by atomic mass is 9.90. The minimum atomic E-state index is -3.63. The van der Waals surface area contributed by atoms with Crippen molar-refractivity contribution in [3.05, 3.63) is 60.2 Å². The van der Waals surface area contributed by atoms with Crippen LogP contribution >= 0.6 is 0 Å². The molecule has 0 aliphatic heterocycles. The van der Waals surface area contributed by atoms with Gasteiger partial charge in [-0.25, -0.2) is 13.1 Å². The van der Waals surface area contributed by atoms with Gasteiger partial charge < -0.3 is 5.73 Å². The summed E-state index contributed by atoms with van der Waals surface area (Å²) in [5, 5.41) is 0.